The predicted molar refractivity (Wildman–Crippen MR) is 82.9 cm³/mol. The van der Waals surface area contributed by atoms with Gasteiger partial charge >= 0.3 is 0 Å². The Balaban J connectivity index is 2.22. The van der Waals surface area contributed by atoms with Gasteiger partial charge in [-0.05, 0) is 44.4 Å². The van der Waals surface area contributed by atoms with E-state index in [0.717, 1.165) is 15.8 Å². The molecule has 20 heavy (non-hydrogen) atoms. The molecule has 1 fully saturated rings. The molecule has 0 aromatic heterocycles. The zero-order valence-corrected chi connectivity index (χ0v) is 14.1. The molecule has 0 saturated carbocycles. The summed E-state index contributed by atoms with van der Waals surface area (Å²) in [6, 6.07) is 5.75. The number of aliphatic hydroxyl groups excluding tert-OH is 1. The number of rotatable bonds is 4. The summed E-state index contributed by atoms with van der Waals surface area (Å²) in [6.45, 7) is 8.84. The Hall–Kier alpha value is -0.580. The minimum atomic E-state index is -0.532. The zero-order valence-electron chi connectivity index (χ0n) is 12.5. The maximum atomic E-state index is 10.7. The Morgan fingerprint density at radius 1 is 1.30 bits per heavy atom. The van der Waals surface area contributed by atoms with Gasteiger partial charge in [-0.15, -0.1) is 0 Å². The van der Waals surface area contributed by atoms with Crippen molar-refractivity contribution >= 4 is 15.9 Å². The Labute approximate surface area is 129 Å². The first-order valence-electron chi connectivity index (χ1n) is 7.21. The first-order chi connectivity index (χ1) is 9.45. The van der Waals surface area contributed by atoms with E-state index in [1.807, 2.05) is 32.0 Å². The molecule has 1 N–H and O–H groups in total. The highest BCUT2D eigenvalue weighted by atomic mass is 79.9. The van der Waals surface area contributed by atoms with Crippen LogP contribution in [0.15, 0.2) is 22.7 Å². The maximum Gasteiger partial charge on any atom is 0.120 e. The quantitative estimate of drug-likeness (QED) is 0.900. The molecular weight excluding hydrogens is 320 g/mol. The van der Waals surface area contributed by atoms with E-state index in [-0.39, 0.29) is 18.1 Å². The molecule has 0 bridgehead atoms. The molecule has 1 aliphatic heterocycles. The summed E-state index contributed by atoms with van der Waals surface area (Å²) in [7, 11) is 0. The molecule has 4 heteroatoms. The van der Waals surface area contributed by atoms with Crippen molar-refractivity contribution in [3.05, 3.63) is 28.2 Å². The van der Waals surface area contributed by atoms with Crippen molar-refractivity contribution in [2.75, 3.05) is 6.61 Å². The van der Waals surface area contributed by atoms with Gasteiger partial charge in [0.2, 0.25) is 0 Å². The van der Waals surface area contributed by atoms with E-state index in [4.69, 9.17) is 9.47 Å². The summed E-state index contributed by atoms with van der Waals surface area (Å²) >= 11 is 3.54. The van der Waals surface area contributed by atoms with E-state index in [9.17, 15) is 5.11 Å². The summed E-state index contributed by atoms with van der Waals surface area (Å²) in [4.78, 5) is 0. The molecule has 5 unspecified atom stereocenters. The molecule has 0 amide bonds. The molecule has 1 saturated heterocycles. The average Bonchev–Trinajstić information content (AvgIpc) is 2.63. The van der Waals surface area contributed by atoms with Crippen LogP contribution in [0.4, 0.5) is 0 Å². The van der Waals surface area contributed by atoms with Crippen LogP contribution in [-0.2, 0) is 4.74 Å². The molecule has 0 aliphatic carbocycles. The lowest BCUT2D eigenvalue weighted by Crippen LogP contribution is -2.25. The van der Waals surface area contributed by atoms with Gasteiger partial charge in [-0.25, -0.2) is 0 Å². The largest absolute Gasteiger partial charge is 0.494 e. The average molecular weight is 343 g/mol. The number of ether oxygens (including phenoxy) is 2. The minimum Gasteiger partial charge on any atom is -0.494 e. The molecule has 1 aromatic rings. The van der Waals surface area contributed by atoms with Crippen LogP contribution >= 0.6 is 15.9 Å². The minimum absolute atomic E-state index is 0.0634. The van der Waals surface area contributed by atoms with Crippen LogP contribution in [0.1, 0.15) is 39.4 Å². The van der Waals surface area contributed by atoms with Gasteiger partial charge in [-0.2, -0.15) is 0 Å². The van der Waals surface area contributed by atoms with E-state index >= 15 is 0 Å². The van der Waals surface area contributed by atoms with Crippen LogP contribution in [-0.4, -0.2) is 23.9 Å². The van der Waals surface area contributed by atoms with E-state index < -0.39 is 6.10 Å². The Kier molecular flexibility index (Phi) is 5.10. The third-order valence-electron chi connectivity index (χ3n) is 4.29. The van der Waals surface area contributed by atoms with Gasteiger partial charge in [0.05, 0.1) is 24.9 Å². The fourth-order valence-corrected chi connectivity index (χ4v) is 3.64. The van der Waals surface area contributed by atoms with Gasteiger partial charge in [0.15, 0.2) is 0 Å². The summed E-state index contributed by atoms with van der Waals surface area (Å²) in [6.07, 6.45) is -0.283. The van der Waals surface area contributed by atoms with Crippen molar-refractivity contribution < 1.29 is 14.6 Å². The van der Waals surface area contributed by atoms with Crippen LogP contribution < -0.4 is 4.74 Å². The van der Waals surface area contributed by atoms with Crippen LogP contribution in [0.5, 0.6) is 5.75 Å². The Bertz CT molecular complexity index is 463. The van der Waals surface area contributed by atoms with Crippen molar-refractivity contribution in [3.63, 3.8) is 0 Å². The highest BCUT2D eigenvalue weighted by Gasteiger charge is 2.42. The van der Waals surface area contributed by atoms with Gasteiger partial charge < -0.3 is 14.6 Å². The van der Waals surface area contributed by atoms with Gasteiger partial charge in [-0.3, -0.25) is 0 Å². The van der Waals surface area contributed by atoms with Crippen molar-refractivity contribution in [2.45, 2.75) is 46.0 Å². The molecule has 5 atom stereocenters. The molecule has 3 nitrogen and oxygen atoms in total. The lowest BCUT2D eigenvalue weighted by molar-refractivity contribution is 0.0229. The van der Waals surface area contributed by atoms with Crippen LogP contribution in [0.3, 0.4) is 0 Å². The number of benzene rings is 1. The fourth-order valence-electron chi connectivity index (χ4n) is 3.05. The molecule has 1 aliphatic rings. The highest BCUT2D eigenvalue weighted by molar-refractivity contribution is 9.10. The number of hydrogen-bond donors (Lipinski definition) is 1. The SMILES string of the molecule is CCOc1ccc(C(O)C2C(C)OC(C)C2C)c(Br)c1. The second-order valence-corrected chi connectivity index (χ2v) is 6.40. The topological polar surface area (TPSA) is 38.7 Å². The van der Waals surface area contributed by atoms with Gasteiger partial charge in [-0.1, -0.05) is 28.9 Å². The number of aliphatic hydroxyl groups is 1. The predicted octanol–water partition coefficient (Wildman–Crippen LogP) is 3.94. The molecular formula is C16H23BrO3. The van der Waals surface area contributed by atoms with Crippen molar-refractivity contribution in [3.8, 4) is 5.75 Å². The molecule has 1 heterocycles. The normalized spacial score (nSPS) is 31.3. The standard InChI is InChI=1S/C16H23BrO3/c1-5-19-12-6-7-13(14(17)8-12)16(18)15-9(2)10(3)20-11(15)4/h6-11,15-16,18H,5H2,1-4H3. The summed E-state index contributed by atoms with van der Waals surface area (Å²) in [5.41, 5.74) is 0.898. The van der Waals surface area contributed by atoms with E-state index in [1.165, 1.54) is 0 Å². The van der Waals surface area contributed by atoms with Crippen molar-refractivity contribution in [2.24, 2.45) is 11.8 Å². The summed E-state index contributed by atoms with van der Waals surface area (Å²) in [5, 5.41) is 10.7. The van der Waals surface area contributed by atoms with Gasteiger partial charge in [0, 0.05) is 10.4 Å². The Morgan fingerprint density at radius 3 is 2.50 bits per heavy atom. The molecule has 0 radical (unpaired) electrons. The molecule has 112 valence electrons. The monoisotopic (exact) mass is 342 g/mol. The number of hydrogen-bond acceptors (Lipinski definition) is 3. The van der Waals surface area contributed by atoms with Gasteiger partial charge in [0.1, 0.15) is 5.75 Å². The smallest absolute Gasteiger partial charge is 0.120 e. The van der Waals surface area contributed by atoms with Crippen molar-refractivity contribution in [1.82, 2.24) is 0 Å². The van der Waals surface area contributed by atoms with Crippen LogP contribution in [0, 0.1) is 11.8 Å². The second kappa shape index (κ2) is 6.46. The molecule has 1 aromatic carbocycles. The summed E-state index contributed by atoms with van der Waals surface area (Å²) < 4.78 is 12.2. The highest BCUT2D eigenvalue weighted by Crippen LogP contribution is 2.42. The zero-order chi connectivity index (χ0) is 14.9. The van der Waals surface area contributed by atoms with Crippen LogP contribution in [0.25, 0.3) is 0 Å². The lowest BCUT2D eigenvalue weighted by Gasteiger charge is -2.26. The fraction of sp³-hybridized carbons (Fsp3) is 0.625. The summed E-state index contributed by atoms with van der Waals surface area (Å²) in [5.74, 6) is 1.25. The van der Waals surface area contributed by atoms with E-state index in [0.29, 0.717) is 12.5 Å². The lowest BCUT2D eigenvalue weighted by atomic mass is 9.82. The van der Waals surface area contributed by atoms with Crippen molar-refractivity contribution in [1.29, 1.82) is 0 Å². The third-order valence-corrected chi connectivity index (χ3v) is 4.97. The van der Waals surface area contributed by atoms with Crippen LogP contribution in [0.2, 0.25) is 0 Å². The van der Waals surface area contributed by atoms with Gasteiger partial charge in [0.25, 0.3) is 0 Å². The Morgan fingerprint density at radius 2 is 2.00 bits per heavy atom. The second-order valence-electron chi connectivity index (χ2n) is 5.54. The molecule has 2 rings (SSSR count). The third kappa shape index (κ3) is 3.02. The maximum absolute atomic E-state index is 10.7. The van der Waals surface area contributed by atoms with E-state index in [2.05, 4.69) is 29.8 Å². The number of halogens is 1. The molecule has 0 spiro atoms. The van der Waals surface area contributed by atoms with E-state index in [1.54, 1.807) is 0 Å². The first-order valence-corrected chi connectivity index (χ1v) is 8.00. The first kappa shape index (κ1) is 15.8.